The topological polar surface area (TPSA) is 43.4 Å². The minimum absolute atomic E-state index is 0.171. The van der Waals surface area contributed by atoms with Gasteiger partial charge in [0.15, 0.2) is 0 Å². The molecule has 0 N–H and O–H groups in total. The monoisotopic (exact) mass is 212 g/mol. The van der Waals surface area contributed by atoms with Crippen molar-refractivity contribution >= 4 is 11.8 Å². The normalized spacial score (nSPS) is 8.53. The van der Waals surface area contributed by atoms with Gasteiger partial charge in [-0.05, 0) is 19.1 Å². The van der Waals surface area contributed by atoms with E-state index in [1.54, 1.807) is 12.1 Å². The molecule has 0 atom stereocenters. The van der Waals surface area contributed by atoms with Crippen LogP contribution >= 0.6 is 0 Å². The number of halogens is 1. The summed E-state index contributed by atoms with van der Waals surface area (Å²) in [5.74, 6) is -1.53. The summed E-state index contributed by atoms with van der Waals surface area (Å²) in [5, 5.41) is 0. The average molecular weight is 212 g/mol. The van der Waals surface area contributed by atoms with Crippen LogP contribution in [-0.2, 0) is 14.3 Å². The summed E-state index contributed by atoms with van der Waals surface area (Å²) >= 11 is 0. The molecule has 1 aromatic rings. The minimum atomic E-state index is -0.792. The molecule has 0 unspecified atom stereocenters. The highest BCUT2D eigenvalue weighted by molar-refractivity contribution is 6.32. The number of carbonyl (C=O) groups excluding carboxylic acids is 2. The molecule has 1 aromatic carbocycles. The quantitative estimate of drug-likeness (QED) is 0.527. The number of methoxy groups -OCH3 is 1. The van der Waals surface area contributed by atoms with Gasteiger partial charge < -0.3 is 4.74 Å². The first-order valence-electron chi connectivity index (χ1n) is 4.28. The van der Waals surface area contributed by atoms with Crippen molar-refractivity contribution in [2.75, 3.05) is 7.11 Å². The molecule has 0 saturated carbocycles. The van der Waals surface area contributed by atoms with E-state index in [1.807, 2.05) is 6.92 Å². The molecule has 0 radical (unpaired) electrons. The van der Waals surface area contributed by atoms with Gasteiger partial charge in [-0.2, -0.15) is 0 Å². The molecule has 0 amide bonds. The Balaban J connectivity index is 0.000000265. The molecule has 0 aliphatic heterocycles. The first-order chi connectivity index (χ1) is 6.97. The largest absolute Gasteiger partial charge is 0.463 e. The van der Waals surface area contributed by atoms with Crippen LogP contribution in [0.4, 0.5) is 4.39 Å². The molecule has 3 nitrogen and oxygen atoms in total. The zero-order valence-corrected chi connectivity index (χ0v) is 8.91. The molecule has 0 fully saturated rings. The highest BCUT2D eigenvalue weighted by Crippen LogP contribution is 1.98. The van der Waals surface area contributed by atoms with Gasteiger partial charge >= 0.3 is 5.97 Å². The fourth-order valence-corrected chi connectivity index (χ4v) is 0.677. The third kappa shape index (κ3) is 6.37. The van der Waals surface area contributed by atoms with Crippen molar-refractivity contribution in [2.45, 2.75) is 13.8 Å². The lowest BCUT2D eigenvalue weighted by molar-refractivity contribution is -0.150. The lowest BCUT2D eigenvalue weighted by Crippen LogP contribution is -2.10. The van der Waals surface area contributed by atoms with Crippen LogP contribution in [0, 0.1) is 12.7 Å². The number of carbonyl (C=O) groups is 2. The van der Waals surface area contributed by atoms with E-state index in [0.29, 0.717) is 0 Å². The first-order valence-corrected chi connectivity index (χ1v) is 4.28. The maximum Gasteiger partial charge on any atom is 0.374 e. The molecule has 0 aliphatic carbocycles. The van der Waals surface area contributed by atoms with Crippen molar-refractivity contribution in [1.29, 1.82) is 0 Å². The van der Waals surface area contributed by atoms with Crippen LogP contribution in [0.3, 0.4) is 0 Å². The van der Waals surface area contributed by atoms with Crippen LogP contribution < -0.4 is 0 Å². The average Bonchev–Trinajstić information content (AvgIpc) is 2.22. The molecule has 0 bridgehead atoms. The zero-order chi connectivity index (χ0) is 11.8. The number of hydrogen-bond acceptors (Lipinski definition) is 3. The van der Waals surface area contributed by atoms with Crippen LogP contribution in [0.5, 0.6) is 0 Å². The van der Waals surface area contributed by atoms with Gasteiger partial charge in [0.1, 0.15) is 5.82 Å². The van der Waals surface area contributed by atoms with Crippen LogP contribution in [0.25, 0.3) is 0 Å². The molecule has 1 rings (SSSR count). The number of Topliss-reactive ketones (excluding diaryl/α,β-unsaturated/α-hetero) is 1. The molecular weight excluding hydrogens is 199 g/mol. The first kappa shape index (κ1) is 13.3. The lowest BCUT2D eigenvalue weighted by atomic mass is 10.2. The molecule has 4 heteroatoms. The second-order valence-corrected chi connectivity index (χ2v) is 2.84. The number of esters is 1. The second kappa shape index (κ2) is 6.70. The summed E-state index contributed by atoms with van der Waals surface area (Å²) in [6, 6.07) is 6.40. The molecule has 0 aliphatic rings. The van der Waals surface area contributed by atoms with E-state index in [4.69, 9.17) is 0 Å². The van der Waals surface area contributed by atoms with Crippen molar-refractivity contribution in [1.82, 2.24) is 0 Å². The van der Waals surface area contributed by atoms with E-state index < -0.39 is 11.8 Å². The van der Waals surface area contributed by atoms with Crippen LogP contribution in [0.2, 0.25) is 0 Å². The summed E-state index contributed by atoms with van der Waals surface area (Å²) in [6.45, 7) is 3.09. The predicted octanol–water partition coefficient (Wildman–Crippen LogP) is 1.88. The van der Waals surface area contributed by atoms with E-state index in [0.717, 1.165) is 12.5 Å². The van der Waals surface area contributed by atoms with Crippen LogP contribution in [0.1, 0.15) is 12.5 Å². The summed E-state index contributed by atoms with van der Waals surface area (Å²) in [4.78, 5) is 19.8. The van der Waals surface area contributed by atoms with Crippen LogP contribution in [-0.4, -0.2) is 18.9 Å². The van der Waals surface area contributed by atoms with E-state index in [2.05, 4.69) is 4.74 Å². The van der Waals surface area contributed by atoms with Crippen molar-refractivity contribution < 1.29 is 18.7 Å². The summed E-state index contributed by atoms with van der Waals surface area (Å²) < 4.78 is 16.1. The van der Waals surface area contributed by atoms with Gasteiger partial charge in [-0.3, -0.25) is 4.79 Å². The Morgan fingerprint density at radius 3 is 1.87 bits per heavy atom. The van der Waals surface area contributed by atoms with Crippen LogP contribution in [0.15, 0.2) is 24.3 Å². The Bertz CT molecular complexity index is 309. The predicted molar refractivity (Wildman–Crippen MR) is 53.8 cm³/mol. The van der Waals surface area contributed by atoms with Crippen molar-refractivity contribution in [2.24, 2.45) is 0 Å². The highest BCUT2D eigenvalue weighted by Gasteiger charge is 2.03. The second-order valence-electron chi connectivity index (χ2n) is 2.84. The number of hydrogen-bond donors (Lipinski definition) is 0. The van der Waals surface area contributed by atoms with E-state index in [-0.39, 0.29) is 5.82 Å². The Kier molecular flexibility index (Phi) is 5.94. The van der Waals surface area contributed by atoms with Crippen molar-refractivity contribution in [3.8, 4) is 0 Å². The van der Waals surface area contributed by atoms with Gasteiger partial charge in [-0.25, -0.2) is 9.18 Å². The van der Waals surface area contributed by atoms with Gasteiger partial charge in [0.25, 0.3) is 0 Å². The Labute approximate surface area is 87.9 Å². The molecule has 0 saturated heterocycles. The van der Waals surface area contributed by atoms with Crippen molar-refractivity contribution in [3.05, 3.63) is 35.6 Å². The third-order valence-corrected chi connectivity index (χ3v) is 1.48. The highest BCUT2D eigenvalue weighted by atomic mass is 19.1. The molecular formula is C11H13FO3. The number of aryl methyl sites for hydroxylation is 1. The number of ether oxygens (including phenoxy) is 1. The fourth-order valence-electron chi connectivity index (χ4n) is 0.677. The zero-order valence-electron chi connectivity index (χ0n) is 8.91. The molecule has 0 aromatic heterocycles. The van der Waals surface area contributed by atoms with Gasteiger partial charge in [0, 0.05) is 6.92 Å². The maximum atomic E-state index is 12.1. The van der Waals surface area contributed by atoms with Crippen molar-refractivity contribution in [3.63, 3.8) is 0 Å². The number of benzene rings is 1. The van der Waals surface area contributed by atoms with Gasteiger partial charge in [-0.1, -0.05) is 17.7 Å². The molecule has 82 valence electrons. The Morgan fingerprint density at radius 2 is 1.67 bits per heavy atom. The number of ketones is 1. The minimum Gasteiger partial charge on any atom is -0.463 e. The van der Waals surface area contributed by atoms with E-state index >= 15 is 0 Å². The fraction of sp³-hybridized carbons (Fsp3) is 0.273. The van der Waals surface area contributed by atoms with E-state index in [1.165, 1.54) is 19.2 Å². The molecule has 15 heavy (non-hydrogen) atoms. The smallest absolute Gasteiger partial charge is 0.374 e. The number of rotatable bonds is 1. The lowest BCUT2D eigenvalue weighted by Gasteiger charge is -1.87. The van der Waals surface area contributed by atoms with E-state index in [9.17, 15) is 14.0 Å². The Hall–Kier alpha value is -1.71. The SMILES string of the molecule is COC(=O)C(C)=O.Cc1ccc(F)cc1. The molecule has 0 heterocycles. The Morgan fingerprint density at radius 1 is 1.20 bits per heavy atom. The van der Waals surface area contributed by atoms with Gasteiger partial charge in [-0.15, -0.1) is 0 Å². The maximum absolute atomic E-state index is 12.1. The third-order valence-electron chi connectivity index (χ3n) is 1.48. The summed E-state index contributed by atoms with van der Waals surface area (Å²) in [6.07, 6.45) is 0. The summed E-state index contributed by atoms with van der Waals surface area (Å²) in [5.41, 5.74) is 1.09. The van der Waals surface area contributed by atoms with Gasteiger partial charge in [0.05, 0.1) is 7.11 Å². The summed E-state index contributed by atoms with van der Waals surface area (Å²) in [7, 11) is 1.17. The standard InChI is InChI=1S/C7H7F.C4H6O3/c1-6-2-4-7(8)5-3-6;1-3(5)4(6)7-2/h2-5H,1H3;1-2H3. The molecule has 0 spiro atoms. The van der Waals surface area contributed by atoms with Gasteiger partial charge in [0.2, 0.25) is 5.78 Å².